The normalized spacial score (nSPS) is 26.7. The second-order valence-corrected chi connectivity index (χ2v) is 6.14. The van der Waals surface area contributed by atoms with Gasteiger partial charge in [-0.05, 0) is 43.0 Å². The van der Waals surface area contributed by atoms with Crippen molar-refractivity contribution in [3.8, 4) is 0 Å². The number of nitrogens with zero attached hydrogens (tertiary/aromatic N) is 1. The maximum absolute atomic E-state index is 6.44. The lowest BCUT2D eigenvalue weighted by atomic mass is 10.0. The molecule has 0 amide bonds. The number of hydrogen-bond donors (Lipinski definition) is 1. The molecule has 0 aliphatic carbocycles. The van der Waals surface area contributed by atoms with Gasteiger partial charge in [0.1, 0.15) is 0 Å². The predicted octanol–water partition coefficient (Wildman–Crippen LogP) is 3.35. The first-order valence-corrected chi connectivity index (χ1v) is 7.40. The molecule has 0 saturated carbocycles. The molecule has 1 aromatic carbocycles. The van der Waals surface area contributed by atoms with E-state index in [0.29, 0.717) is 6.04 Å². The van der Waals surface area contributed by atoms with Crippen molar-refractivity contribution in [2.24, 2.45) is 5.92 Å². The van der Waals surface area contributed by atoms with Gasteiger partial charge in [-0.3, -0.25) is 0 Å². The quantitative estimate of drug-likeness (QED) is 0.896. The number of piperidine rings is 1. The van der Waals surface area contributed by atoms with Crippen LogP contribution in [0.1, 0.15) is 18.9 Å². The van der Waals surface area contributed by atoms with Crippen LogP contribution in [0, 0.1) is 5.92 Å². The van der Waals surface area contributed by atoms with Gasteiger partial charge in [0.2, 0.25) is 0 Å². The molecule has 3 rings (SSSR count). The number of rotatable bonds is 2. The Bertz CT molecular complexity index is 438. The van der Waals surface area contributed by atoms with Crippen molar-refractivity contribution >= 4 is 28.9 Å². The number of hydrogen-bond acceptors (Lipinski definition) is 2. The molecule has 2 saturated heterocycles. The van der Waals surface area contributed by atoms with E-state index in [0.717, 1.165) is 47.7 Å². The third-order valence-corrected chi connectivity index (χ3v) is 4.66. The Balaban J connectivity index is 1.97. The number of halogens is 2. The minimum Gasteiger partial charge on any atom is -0.365 e. The predicted molar refractivity (Wildman–Crippen MR) is 78.0 cm³/mol. The van der Waals surface area contributed by atoms with E-state index in [9.17, 15) is 0 Å². The van der Waals surface area contributed by atoms with Gasteiger partial charge < -0.3 is 10.2 Å². The van der Waals surface area contributed by atoms with Crippen LogP contribution in [0.15, 0.2) is 12.1 Å². The van der Waals surface area contributed by atoms with Crippen LogP contribution in [0.25, 0.3) is 0 Å². The summed E-state index contributed by atoms with van der Waals surface area (Å²) in [5.74, 6) is 0.738. The van der Waals surface area contributed by atoms with Gasteiger partial charge in [-0.2, -0.15) is 0 Å². The highest BCUT2D eigenvalue weighted by Crippen LogP contribution is 2.40. The highest BCUT2D eigenvalue weighted by molar-refractivity contribution is 6.39. The molecule has 2 aliphatic heterocycles. The number of fused-ring (bicyclic) bond motifs is 2. The van der Waals surface area contributed by atoms with Crippen LogP contribution in [0.3, 0.4) is 0 Å². The molecule has 2 nitrogen and oxygen atoms in total. The Morgan fingerprint density at radius 3 is 2.61 bits per heavy atom. The van der Waals surface area contributed by atoms with Crippen LogP contribution < -0.4 is 10.2 Å². The lowest BCUT2D eigenvalue weighted by Crippen LogP contribution is -2.39. The van der Waals surface area contributed by atoms with Crippen molar-refractivity contribution in [3.63, 3.8) is 0 Å². The van der Waals surface area contributed by atoms with Crippen molar-refractivity contribution in [1.29, 1.82) is 0 Å². The van der Waals surface area contributed by atoms with Gasteiger partial charge in [0, 0.05) is 19.1 Å². The summed E-state index contributed by atoms with van der Waals surface area (Å²) in [7, 11) is 0. The van der Waals surface area contributed by atoms with Gasteiger partial charge >= 0.3 is 0 Å². The van der Waals surface area contributed by atoms with Gasteiger partial charge in [0.05, 0.1) is 15.7 Å². The maximum Gasteiger partial charge on any atom is 0.0748 e. The molecule has 0 spiro atoms. The maximum atomic E-state index is 6.44. The number of anilines is 1. The Labute approximate surface area is 118 Å². The molecule has 18 heavy (non-hydrogen) atoms. The van der Waals surface area contributed by atoms with Gasteiger partial charge in [-0.25, -0.2) is 0 Å². The van der Waals surface area contributed by atoms with Gasteiger partial charge in [-0.15, -0.1) is 0 Å². The molecule has 0 radical (unpaired) electrons. The molecule has 2 atom stereocenters. The van der Waals surface area contributed by atoms with E-state index >= 15 is 0 Å². The molecule has 0 aromatic heterocycles. The molecular weight excluding hydrogens is 267 g/mol. The van der Waals surface area contributed by atoms with Crippen molar-refractivity contribution in [2.75, 3.05) is 24.5 Å². The molecule has 2 fully saturated rings. The first kappa shape index (κ1) is 12.6. The first-order valence-electron chi connectivity index (χ1n) is 6.64. The highest BCUT2D eigenvalue weighted by Gasteiger charge is 2.36. The van der Waals surface area contributed by atoms with Gasteiger partial charge in [-0.1, -0.05) is 30.1 Å². The van der Waals surface area contributed by atoms with Gasteiger partial charge in [0.15, 0.2) is 0 Å². The molecule has 98 valence electrons. The molecular formula is C14H18Cl2N2. The summed E-state index contributed by atoms with van der Waals surface area (Å²) in [5, 5.41) is 5.08. The van der Waals surface area contributed by atoms with E-state index in [2.05, 4.69) is 29.3 Å². The zero-order valence-electron chi connectivity index (χ0n) is 10.5. The topological polar surface area (TPSA) is 15.3 Å². The molecule has 1 aromatic rings. The smallest absolute Gasteiger partial charge is 0.0748 e. The zero-order chi connectivity index (χ0) is 12.7. The molecule has 2 unspecified atom stereocenters. The second-order valence-electron chi connectivity index (χ2n) is 5.33. The van der Waals surface area contributed by atoms with E-state index in [1.54, 1.807) is 0 Å². The highest BCUT2D eigenvalue weighted by atomic mass is 35.5. The lowest BCUT2D eigenvalue weighted by molar-refractivity contribution is 0.434. The zero-order valence-corrected chi connectivity index (χ0v) is 12.1. The Morgan fingerprint density at radius 1 is 1.28 bits per heavy atom. The van der Waals surface area contributed by atoms with Crippen molar-refractivity contribution in [2.45, 2.75) is 25.8 Å². The summed E-state index contributed by atoms with van der Waals surface area (Å²) in [6, 6.07) is 4.66. The molecule has 2 heterocycles. The monoisotopic (exact) mass is 284 g/mol. The van der Waals surface area contributed by atoms with Crippen LogP contribution in [0.5, 0.6) is 0 Å². The first-order chi connectivity index (χ1) is 8.69. The summed E-state index contributed by atoms with van der Waals surface area (Å²) < 4.78 is 0. The Morgan fingerprint density at radius 2 is 2.00 bits per heavy atom. The average molecular weight is 285 g/mol. The summed E-state index contributed by atoms with van der Waals surface area (Å²) in [6.07, 6.45) is 2.22. The van der Waals surface area contributed by atoms with E-state index in [1.165, 1.54) is 12.0 Å². The van der Waals surface area contributed by atoms with E-state index in [4.69, 9.17) is 23.2 Å². The van der Waals surface area contributed by atoms with Crippen molar-refractivity contribution in [1.82, 2.24) is 5.32 Å². The fourth-order valence-electron chi connectivity index (χ4n) is 3.18. The molecule has 2 bridgehead atoms. The van der Waals surface area contributed by atoms with Gasteiger partial charge in [0.25, 0.3) is 0 Å². The fourth-order valence-corrected chi connectivity index (χ4v) is 3.93. The Kier molecular flexibility index (Phi) is 3.44. The van der Waals surface area contributed by atoms with Crippen molar-refractivity contribution < 1.29 is 0 Å². The molecule has 2 aliphatic rings. The van der Waals surface area contributed by atoms with Crippen LogP contribution in [0.2, 0.25) is 10.0 Å². The van der Waals surface area contributed by atoms with Crippen LogP contribution >= 0.6 is 23.2 Å². The summed E-state index contributed by atoms with van der Waals surface area (Å²) in [6.45, 7) is 5.35. The van der Waals surface area contributed by atoms with E-state index in [1.807, 2.05) is 0 Å². The standard InChI is InChI=1S/C14H18Cl2N2/c1-2-9-4-12(15)14(13(16)5-9)18-8-10-3-11(18)7-17-6-10/h4-5,10-11,17H,2-3,6-8H2,1H3. The summed E-state index contributed by atoms with van der Waals surface area (Å²) >= 11 is 12.9. The van der Waals surface area contributed by atoms with Crippen LogP contribution in [-0.2, 0) is 6.42 Å². The SMILES string of the molecule is CCc1cc(Cl)c(N2CC3CNCC2C3)c(Cl)c1. The fraction of sp³-hybridized carbons (Fsp3) is 0.571. The van der Waals surface area contributed by atoms with Crippen molar-refractivity contribution in [3.05, 3.63) is 27.7 Å². The molecule has 4 heteroatoms. The minimum absolute atomic E-state index is 0.547. The number of benzene rings is 1. The largest absolute Gasteiger partial charge is 0.365 e. The molecule has 1 N–H and O–H groups in total. The third-order valence-electron chi connectivity index (χ3n) is 4.09. The average Bonchev–Trinajstić information content (AvgIpc) is 2.63. The summed E-state index contributed by atoms with van der Waals surface area (Å²) in [5.41, 5.74) is 2.24. The van der Waals surface area contributed by atoms with Crippen LogP contribution in [0.4, 0.5) is 5.69 Å². The lowest BCUT2D eigenvalue weighted by Gasteiger charge is -2.28. The minimum atomic E-state index is 0.547. The van der Waals surface area contributed by atoms with Crippen LogP contribution in [-0.4, -0.2) is 25.7 Å². The number of nitrogens with one attached hydrogen (secondary N) is 1. The summed E-state index contributed by atoms with van der Waals surface area (Å²) in [4.78, 5) is 2.40. The van der Waals surface area contributed by atoms with E-state index in [-0.39, 0.29) is 0 Å². The number of aryl methyl sites for hydroxylation is 1. The third kappa shape index (κ3) is 2.11. The van der Waals surface area contributed by atoms with E-state index < -0.39 is 0 Å². The second kappa shape index (κ2) is 4.92. The Hall–Kier alpha value is -0.440.